The van der Waals surface area contributed by atoms with Gasteiger partial charge in [-0.3, -0.25) is 0 Å². The molecule has 0 aromatic rings. The molecule has 0 spiro atoms. The molecule has 0 bridgehead atoms. The molecule has 4 atom stereocenters. The molecule has 0 aliphatic carbocycles. The predicted molar refractivity (Wildman–Crippen MR) is 42.8 cm³/mol. The topological polar surface area (TPSA) is 47.9 Å². The highest BCUT2D eigenvalue weighted by Crippen LogP contribution is 2.22. The van der Waals surface area contributed by atoms with E-state index >= 15 is 0 Å². The number of hydrogen-bond acceptors (Lipinski definition) is 4. The van der Waals surface area contributed by atoms with Gasteiger partial charge in [0.05, 0.1) is 12.2 Å². The van der Waals surface area contributed by atoms with Crippen LogP contribution >= 0.6 is 0 Å². The first-order valence-corrected chi connectivity index (χ1v) is 4.08. The summed E-state index contributed by atoms with van der Waals surface area (Å²) in [5, 5.41) is 9.35. The van der Waals surface area contributed by atoms with Crippen molar-refractivity contribution in [2.45, 2.75) is 37.9 Å². The van der Waals surface area contributed by atoms with Crippen molar-refractivity contribution in [3.8, 4) is 0 Å². The van der Waals surface area contributed by atoms with Gasteiger partial charge in [-0.1, -0.05) is 0 Å². The van der Waals surface area contributed by atoms with E-state index in [2.05, 4.69) is 0 Å². The van der Waals surface area contributed by atoms with E-state index in [-0.39, 0.29) is 18.3 Å². The van der Waals surface area contributed by atoms with E-state index in [1.165, 1.54) is 0 Å². The molecule has 0 aromatic heterocycles. The molecule has 1 fully saturated rings. The number of methoxy groups -OCH3 is 2. The highest BCUT2D eigenvalue weighted by molar-refractivity contribution is 4.79. The lowest BCUT2D eigenvalue weighted by molar-refractivity contribution is -0.250. The molecule has 0 saturated carbocycles. The van der Waals surface area contributed by atoms with Gasteiger partial charge in [-0.2, -0.15) is 0 Å². The maximum Gasteiger partial charge on any atom is 0.181 e. The summed E-state index contributed by atoms with van der Waals surface area (Å²) in [6.07, 6.45) is -0.479. The van der Waals surface area contributed by atoms with Gasteiger partial charge in [0.25, 0.3) is 0 Å². The molecule has 1 unspecified atom stereocenters. The average molecular weight is 176 g/mol. The Balaban J connectivity index is 2.50. The number of ether oxygens (including phenoxy) is 3. The summed E-state index contributed by atoms with van der Waals surface area (Å²) in [4.78, 5) is 0. The quantitative estimate of drug-likeness (QED) is 0.650. The van der Waals surface area contributed by atoms with Crippen LogP contribution in [-0.4, -0.2) is 43.9 Å². The second-order valence-corrected chi connectivity index (χ2v) is 3.02. The molecule has 1 rings (SSSR count). The first-order valence-electron chi connectivity index (χ1n) is 4.08. The predicted octanol–water partition coefficient (Wildman–Crippen LogP) is 0.144. The first-order chi connectivity index (χ1) is 5.69. The molecule has 1 heterocycles. The standard InChI is InChI=1S/C8H16O4/c1-5-6(10-2)4-7(11-3)8(9)12-5/h5-9H,4H2,1-3H3/t5-,6+,7+,8?/m0/s1. The maximum absolute atomic E-state index is 9.35. The smallest absolute Gasteiger partial charge is 0.181 e. The Bertz CT molecular complexity index is 125. The highest BCUT2D eigenvalue weighted by atomic mass is 16.7. The summed E-state index contributed by atoms with van der Waals surface area (Å²) in [5.41, 5.74) is 0. The molecule has 1 N–H and O–H groups in total. The van der Waals surface area contributed by atoms with Crippen molar-refractivity contribution in [1.29, 1.82) is 0 Å². The average Bonchev–Trinajstić information content (AvgIpc) is 2.05. The molecule has 0 aromatic carbocycles. The van der Waals surface area contributed by atoms with Gasteiger partial charge in [-0.25, -0.2) is 0 Å². The Labute approximate surface area is 72.4 Å². The summed E-state index contributed by atoms with van der Waals surface area (Å²) in [7, 11) is 3.19. The summed E-state index contributed by atoms with van der Waals surface area (Å²) in [6, 6.07) is 0. The SMILES string of the molecule is CO[C@@H]1C[C@@H](OC)[C@H](C)OC1O. The Morgan fingerprint density at radius 2 is 1.83 bits per heavy atom. The molecule has 1 aliphatic heterocycles. The number of hydrogen-bond donors (Lipinski definition) is 1. The summed E-state index contributed by atoms with van der Waals surface area (Å²) in [5.74, 6) is 0. The lowest BCUT2D eigenvalue weighted by Crippen LogP contribution is -2.47. The Hall–Kier alpha value is -0.160. The van der Waals surface area contributed by atoms with Gasteiger partial charge in [-0.05, 0) is 6.92 Å². The van der Waals surface area contributed by atoms with Crippen molar-refractivity contribution in [2.75, 3.05) is 14.2 Å². The second kappa shape index (κ2) is 4.18. The molecular weight excluding hydrogens is 160 g/mol. The van der Waals surface area contributed by atoms with E-state index in [0.717, 1.165) is 0 Å². The van der Waals surface area contributed by atoms with Crippen LogP contribution < -0.4 is 0 Å². The Kier molecular flexibility index (Phi) is 3.46. The molecule has 1 saturated heterocycles. The lowest BCUT2D eigenvalue weighted by atomic mass is 10.0. The minimum Gasteiger partial charge on any atom is -0.379 e. The molecule has 4 heteroatoms. The Morgan fingerprint density at radius 3 is 2.33 bits per heavy atom. The molecule has 1 aliphatic rings. The minimum absolute atomic E-state index is 0.0124. The fraction of sp³-hybridized carbons (Fsp3) is 1.00. The molecule has 4 nitrogen and oxygen atoms in total. The van der Waals surface area contributed by atoms with Gasteiger partial charge < -0.3 is 19.3 Å². The Morgan fingerprint density at radius 1 is 1.25 bits per heavy atom. The van der Waals surface area contributed by atoms with Crippen LogP contribution in [0.5, 0.6) is 0 Å². The van der Waals surface area contributed by atoms with E-state index in [1.54, 1.807) is 14.2 Å². The highest BCUT2D eigenvalue weighted by Gasteiger charge is 2.34. The van der Waals surface area contributed by atoms with Crippen LogP contribution in [0.2, 0.25) is 0 Å². The zero-order chi connectivity index (χ0) is 9.14. The van der Waals surface area contributed by atoms with E-state index in [0.29, 0.717) is 6.42 Å². The van der Waals surface area contributed by atoms with Crippen molar-refractivity contribution < 1.29 is 19.3 Å². The number of aliphatic hydroxyl groups excluding tert-OH is 1. The largest absolute Gasteiger partial charge is 0.379 e. The van der Waals surface area contributed by atoms with Crippen LogP contribution in [0, 0.1) is 0 Å². The first kappa shape index (κ1) is 9.92. The van der Waals surface area contributed by atoms with Crippen LogP contribution in [0.1, 0.15) is 13.3 Å². The molecule has 0 radical (unpaired) electrons. The van der Waals surface area contributed by atoms with Gasteiger partial charge in [-0.15, -0.1) is 0 Å². The van der Waals surface area contributed by atoms with E-state index < -0.39 is 6.29 Å². The second-order valence-electron chi connectivity index (χ2n) is 3.02. The van der Waals surface area contributed by atoms with Crippen molar-refractivity contribution in [3.63, 3.8) is 0 Å². The van der Waals surface area contributed by atoms with Crippen LogP contribution in [0.3, 0.4) is 0 Å². The summed E-state index contributed by atoms with van der Waals surface area (Å²) in [6.45, 7) is 1.88. The molecule has 12 heavy (non-hydrogen) atoms. The van der Waals surface area contributed by atoms with E-state index in [9.17, 15) is 5.11 Å². The van der Waals surface area contributed by atoms with Gasteiger partial charge >= 0.3 is 0 Å². The fourth-order valence-electron chi connectivity index (χ4n) is 1.43. The van der Waals surface area contributed by atoms with Gasteiger partial charge in [0.15, 0.2) is 6.29 Å². The monoisotopic (exact) mass is 176 g/mol. The lowest BCUT2D eigenvalue weighted by Gasteiger charge is -2.36. The van der Waals surface area contributed by atoms with Gasteiger partial charge in [0.1, 0.15) is 6.10 Å². The third kappa shape index (κ3) is 1.95. The molecular formula is C8H16O4. The van der Waals surface area contributed by atoms with Gasteiger partial charge in [0.2, 0.25) is 0 Å². The van der Waals surface area contributed by atoms with Crippen molar-refractivity contribution in [3.05, 3.63) is 0 Å². The van der Waals surface area contributed by atoms with Crippen molar-refractivity contribution >= 4 is 0 Å². The van der Waals surface area contributed by atoms with Crippen LogP contribution in [0.15, 0.2) is 0 Å². The zero-order valence-electron chi connectivity index (χ0n) is 7.69. The normalized spacial score (nSPS) is 43.0. The van der Waals surface area contributed by atoms with Crippen molar-refractivity contribution in [2.24, 2.45) is 0 Å². The third-order valence-electron chi connectivity index (χ3n) is 2.27. The maximum atomic E-state index is 9.35. The van der Waals surface area contributed by atoms with Crippen molar-refractivity contribution in [1.82, 2.24) is 0 Å². The van der Waals surface area contributed by atoms with Crippen LogP contribution in [0.25, 0.3) is 0 Å². The zero-order valence-corrected chi connectivity index (χ0v) is 7.69. The number of aliphatic hydroxyl groups is 1. The van der Waals surface area contributed by atoms with Crippen LogP contribution in [0.4, 0.5) is 0 Å². The molecule has 0 amide bonds. The van der Waals surface area contributed by atoms with E-state index in [1.807, 2.05) is 6.92 Å². The number of rotatable bonds is 2. The van der Waals surface area contributed by atoms with E-state index in [4.69, 9.17) is 14.2 Å². The fourth-order valence-corrected chi connectivity index (χ4v) is 1.43. The van der Waals surface area contributed by atoms with Gasteiger partial charge in [0, 0.05) is 20.6 Å². The third-order valence-corrected chi connectivity index (χ3v) is 2.27. The summed E-state index contributed by atoms with van der Waals surface area (Å²) >= 11 is 0. The van der Waals surface area contributed by atoms with Crippen LogP contribution in [-0.2, 0) is 14.2 Å². The minimum atomic E-state index is -0.823. The summed E-state index contributed by atoms with van der Waals surface area (Å²) < 4.78 is 15.4. The molecule has 72 valence electrons.